The monoisotopic (exact) mass is 496 g/mol. The van der Waals surface area contributed by atoms with Crippen molar-refractivity contribution in [2.75, 3.05) is 36.4 Å². The van der Waals surface area contributed by atoms with Crippen LogP contribution in [-0.2, 0) is 4.79 Å². The summed E-state index contributed by atoms with van der Waals surface area (Å²) in [6.07, 6.45) is 0.0506. The Kier molecular flexibility index (Phi) is 5.02. The molecule has 2 aliphatic rings. The number of aromatic nitrogens is 5. The molecule has 2 aliphatic heterocycles. The first kappa shape index (κ1) is 22.5. The minimum absolute atomic E-state index is 0.0853. The Balaban J connectivity index is 1.34. The first-order chi connectivity index (χ1) is 17.3. The number of amides is 1. The summed E-state index contributed by atoms with van der Waals surface area (Å²) in [6, 6.07) is 5.27. The average molecular weight is 496 g/mol. The number of nitrogens with one attached hydrogen (secondary N) is 1. The Hall–Kier alpha value is -3.96. The molecule has 12 heteroatoms. The molecule has 5 heterocycles. The molecular weight excluding hydrogens is 473 g/mol. The Labute approximate surface area is 204 Å². The maximum atomic E-state index is 14.8. The standard InChI is InChI=1S/C24H23F3N8O/c1-13(15-4-3-5-16(19(15)25)20(26)27)31-21-17-6-18(23-32-30-12-35(23)22(17)29-11-28-21)34-9-24(10-34)7-33(8-24)14(2)36/h3-6,11-13,20H,7-10H2,1-2H3,(H,28,29,31)/t13-/m1/s1. The molecule has 1 N–H and O–H groups in total. The van der Waals surface area contributed by atoms with Crippen LogP contribution in [0.4, 0.5) is 24.7 Å². The second-order valence-corrected chi connectivity index (χ2v) is 9.66. The summed E-state index contributed by atoms with van der Waals surface area (Å²) in [5, 5.41) is 12.2. The second kappa shape index (κ2) is 8.04. The number of nitrogens with zero attached hydrogens (tertiary/aromatic N) is 7. The molecule has 1 spiro atoms. The van der Waals surface area contributed by atoms with Gasteiger partial charge < -0.3 is 15.1 Å². The van der Waals surface area contributed by atoms with Crippen molar-refractivity contribution in [1.82, 2.24) is 29.5 Å². The fraction of sp³-hybridized carbons (Fsp3) is 0.375. The van der Waals surface area contributed by atoms with Gasteiger partial charge in [-0.3, -0.25) is 9.20 Å². The molecule has 2 fully saturated rings. The number of rotatable bonds is 5. The van der Waals surface area contributed by atoms with Gasteiger partial charge in [0, 0.05) is 44.1 Å². The van der Waals surface area contributed by atoms with Crippen LogP contribution in [-0.4, -0.2) is 61.6 Å². The van der Waals surface area contributed by atoms with Crippen molar-refractivity contribution in [2.24, 2.45) is 5.41 Å². The zero-order valence-corrected chi connectivity index (χ0v) is 19.6. The van der Waals surface area contributed by atoms with Gasteiger partial charge >= 0.3 is 0 Å². The fourth-order valence-corrected chi connectivity index (χ4v) is 5.30. The Morgan fingerprint density at radius 1 is 1.11 bits per heavy atom. The molecule has 1 atom stereocenters. The number of alkyl halides is 2. The summed E-state index contributed by atoms with van der Waals surface area (Å²) in [6.45, 7) is 6.32. The maximum absolute atomic E-state index is 14.8. The van der Waals surface area contributed by atoms with Gasteiger partial charge in [0.15, 0.2) is 11.3 Å². The molecule has 36 heavy (non-hydrogen) atoms. The van der Waals surface area contributed by atoms with E-state index in [1.54, 1.807) is 24.6 Å². The van der Waals surface area contributed by atoms with Crippen molar-refractivity contribution < 1.29 is 18.0 Å². The van der Waals surface area contributed by atoms with Crippen LogP contribution >= 0.6 is 0 Å². The van der Waals surface area contributed by atoms with Crippen molar-refractivity contribution in [3.05, 3.63) is 53.9 Å². The highest BCUT2D eigenvalue weighted by Crippen LogP contribution is 2.43. The van der Waals surface area contributed by atoms with E-state index in [9.17, 15) is 18.0 Å². The summed E-state index contributed by atoms with van der Waals surface area (Å²) in [5.74, 6) is -0.409. The summed E-state index contributed by atoms with van der Waals surface area (Å²) >= 11 is 0. The van der Waals surface area contributed by atoms with E-state index in [-0.39, 0.29) is 16.9 Å². The van der Waals surface area contributed by atoms with Crippen LogP contribution in [0, 0.1) is 11.2 Å². The number of carbonyl (C=O) groups excluding carboxylic acids is 1. The molecule has 0 aliphatic carbocycles. The minimum Gasteiger partial charge on any atom is -0.367 e. The van der Waals surface area contributed by atoms with E-state index in [1.807, 2.05) is 11.0 Å². The van der Waals surface area contributed by atoms with Gasteiger partial charge in [-0.15, -0.1) is 10.2 Å². The lowest BCUT2D eigenvalue weighted by atomic mass is 9.72. The molecule has 1 aromatic carbocycles. The van der Waals surface area contributed by atoms with E-state index in [4.69, 9.17) is 0 Å². The van der Waals surface area contributed by atoms with Gasteiger partial charge in [-0.2, -0.15) is 0 Å². The number of hydrogen-bond acceptors (Lipinski definition) is 7. The number of halogens is 3. The first-order valence-electron chi connectivity index (χ1n) is 11.6. The van der Waals surface area contributed by atoms with Crippen LogP contribution in [0.3, 0.4) is 0 Å². The summed E-state index contributed by atoms with van der Waals surface area (Å²) in [5.41, 5.74) is 1.64. The number of benzene rings is 1. The van der Waals surface area contributed by atoms with Crippen LogP contribution in [0.5, 0.6) is 0 Å². The topological polar surface area (TPSA) is 91.6 Å². The summed E-state index contributed by atoms with van der Waals surface area (Å²) in [4.78, 5) is 24.4. The van der Waals surface area contributed by atoms with Gasteiger partial charge in [-0.05, 0) is 13.0 Å². The van der Waals surface area contributed by atoms with Crippen molar-refractivity contribution in [2.45, 2.75) is 26.3 Å². The van der Waals surface area contributed by atoms with Crippen molar-refractivity contribution in [3.8, 4) is 0 Å². The second-order valence-electron chi connectivity index (χ2n) is 9.66. The minimum atomic E-state index is -2.90. The smallest absolute Gasteiger partial charge is 0.266 e. The third-order valence-electron chi connectivity index (χ3n) is 7.15. The third-order valence-corrected chi connectivity index (χ3v) is 7.15. The summed E-state index contributed by atoms with van der Waals surface area (Å²) < 4.78 is 43.0. The number of carbonyl (C=O) groups is 1. The number of likely N-dealkylation sites (tertiary alicyclic amines) is 1. The van der Waals surface area contributed by atoms with Gasteiger partial charge in [0.05, 0.1) is 22.7 Å². The number of anilines is 2. The van der Waals surface area contributed by atoms with E-state index >= 15 is 0 Å². The fourth-order valence-electron chi connectivity index (χ4n) is 5.30. The van der Waals surface area contributed by atoms with Crippen LogP contribution in [0.1, 0.15) is 37.4 Å². The maximum Gasteiger partial charge on any atom is 0.266 e. The molecule has 0 bridgehead atoms. The highest BCUT2D eigenvalue weighted by molar-refractivity contribution is 5.94. The lowest BCUT2D eigenvalue weighted by Crippen LogP contribution is -2.73. The Morgan fingerprint density at radius 2 is 1.86 bits per heavy atom. The van der Waals surface area contributed by atoms with E-state index in [2.05, 4.69) is 30.4 Å². The predicted octanol–water partition coefficient (Wildman–Crippen LogP) is 3.59. The van der Waals surface area contributed by atoms with Crippen molar-refractivity contribution >= 4 is 34.1 Å². The highest BCUT2D eigenvalue weighted by atomic mass is 19.3. The molecule has 1 amide bonds. The van der Waals surface area contributed by atoms with Gasteiger partial charge in [-0.25, -0.2) is 23.1 Å². The molecule has 6 rings (SSSR count). The Bertz CT molecular complexity index is 1490. The van der Waals surface area contributed by atoms with E-state index in [1.165, 1.54) is 18.5 Å². The molecule has 0 saturated carbocycles. The first-order valence-corrected chi connectivity index (χ1v) is 11.6. The predicted molar refractivity (Wildman–Crippen MR) is 126 cm³/mol. The zero-order valence-electron chi connectivity index (χ0n) is 19.6. The molecular formula is C24H23F3N8O. The SMILES string of the molecule is CC(=O)N1CC2(C1)CN(c1cc3c(N[C@H](C)c4cccc(C(F)F)c4F)ncnc3n3cnnc13)C2. The largest absolute Gasteiger partial charge is 0.367 e. The normalized spacial score (nSPS) is 17.5. The molecule has 0 unspecified atom stereocenters. The van der Waals surface area contributed by atoms with Crippen molar-refractivity contribution in [3.63, 3.8) is 0 Å². The Morgan fingerprint density at radius 3 is 2.58 bits per heavy atom. The number of hydrogen-bond donors (Lipinski definition) is 1. The van der Waals surface area contributed by atoms with Gasteiger partial charge in [-0.1, -0.05) is 18.2 Å². The molecule has 3 aromatic heterocycles. The molecule has 9 nitrogen and oxygen atoms in total. The van der Waals surface area contributed by atoms with Gasteiger partial charge in [0.25, 0.3) is 6.43 Å². The molecule has 2 saturated heterocycles. The lowest BCUT2D eigenvalue weighted by molar-refractivity contribution is -0.142. The van der Waals surface area contributed by atoms with Gasteiger partial charge in [0.2, 0.25) is 5.91 Å². The van der Waals surface area contributed by atoms with E-state index < -0.39 is 23.8 Å². The lowest BCUT2D eigenvalue weighted by Gasteiger charge is -2.60. The number of pyridine rings is 1. The van der Waals surface area contributed by atoms with E-state index in [0.717, 1.165) is 37.9 Å². The molecule has 4 aromatic rings. The molecule has 186 valence electrons. The highest BCUT2D eigenvalue weighted by Gasteiger charge is 2.53. The van der Waals surface area contributed by atoms with Crippen LogP contribution < -0.4 is 10.2 Å². The quantitative estimate of drug-likeness (QED) is 0.452. The average Bonchev–Trinajstić information content (AvgIpc) is 3.27. The van der Waals surface area contributed by atoms with Crippen molar-refractivity contribution in [1.29, 1.82) is 0 Å². The third kappa shape index (κ3) is 3.42. The van der Waals surface area contributed by atoms with Crippen LogP contribution in [0.15, 0.2) is 36.9 Å². The van der Waals surface area contributed by atoms with E-state index in [0.29, 0.717) is 22.5 Å². The van der Waals surface area contributed by atoms with Crippen LogP contribution in [0.25, 0.3) is 16.7 Å². The zero-order chi connectivity index (χ0) is 25.2. The number of fused-ring (bicyclic) bond motifs is 3. The van der Waals surface area contributed by atoms with Gasteiger partial charge in [0.1, 0.15) is 24.3 Å². The van der Waals surface area contributed by atoms with Crippen LogP contribution in [0.2, 0.25) is 0 Å². The molecule has 0 radical (unpaired) electrons. The summed E-state index contributed by atoms with van der Waals surface area (Å²) in [7, 11) is 0.